The van der Waals surface area contributed by atoms with E-state index in [9.17, 15) is 9.59 Å². The first-order valence-corrected chi connectivity index (χ1v) is 6.80. The topological polar surface area (TPSA) is 59.1 Å². The third-order valence-corrected chi connectivity index (χ3v) is 3.22. The zero-order chi connectivity index (χ0) is 14.3. The molecule has 1 rings (SSSR count). The average molecular weight is 297 g/mol. The Morgan fingerprint density at radius 2 is 2.26 bits per heavy atom. The predicted molar refractivity (Wildman–Crippen MR) is 79.3 cm³/mol. The zero-order valence-corrected chi connectivity index (χ0v) is 11.9. The lowest BCUT2D eigenvalue weighted by Crippen LogP contribution is -2.16. The minimum absolute atomic E-state index is 0.0221. The molecule has 1 heterocycles. The molecular formula is C13H13ClN2O2S. The van der Waals surface area contributed by atoms with Crippen LogP contribution in [0.1, 0.15) is 6.92 Å². The average Bonchev–Trinajstić information content (AvgIpc) is 2.40. The van der Waals surface area contributed by atoms with Crippen LogP contribution in [-0.4, -0.2) is 21.8 Å². The Bertz CT molecular complexity index is 512. The molecule has 19 heavy (non-hydrogen) atoms. The molecule has 6 heteroatoms. The molecule has 0 bridgehead atoms. The van der Waals surface area contributed by atoms with Crippen molar-refractivity contribution >= 4 is 40.2 Å². The van der Waals surface area contributed by atoms with Crippen LogP contribution in [0.3, 0.4) is 0 Å². The number of thioether (sulfide) groups is 1. The largest absolute Gasteiger partial charge is 0.310 e. The standard InChI is InChI=1S/C13H13ClN2O2S/c1-3-9(4-2)13(18)19-8-12(17)16-11-6-5-10(14)7-15-11/h3-7H,1,8H2,2H3,(H,15,16,17)/b9-4+. The minimum atomic E-state index is -0.298. The molecule has 0 fully saturated rings. The number of anilines is 1. The summed E-state index contributed by atoms with van der Waals surface area (Å²) in [6.45, 7) is 5.27. The Kier molecular flexibility index (Phi) is 6.32. The highest BCUT2D eigenvalue weighted by Gasteiger charge is 2.10. The fourth-order valence-corrected chi connectivity index (χ4v) is 1.98. The third kappa shape index (κ3) is 5.28. The maximum absolute atomic E-state index is 11.6. The number of carbonyl (C=O) groups is 2. The van der Waals surface area contributed by atoms with E-state index in [1.165, 1.54) is 12.3 Å². The molecule has 0 aromatic carbocycles. The maximum atomic E-state index is 11.6. The van der Waals surface area contributed by atoms with Gasteiger partial charge in [-0.25, -0.2) is 4.98 Å². The van der Waals surface area contributed by atoms with Gasteiger partial charge in [0.1, 0.15) is 5.82 Å². The van der Waals surface area contributed by atoms with Gasteiger partial charge in [-0.3, -0.25) is 9.59 Å². The smallest absolute Gasteiger partial charge is 0.236 e. The van der Waals surface area contributed by atoms with Crippen LogP contribution in [-0.2, 0) is 9.59 Å². The lowest BCUT2D eigenvalue weighted by molar-refractivity contribution is -0.114. The van der Waals surface area contributed by atoms with Crippen molar-refractivity contribution in [2.24, 2.45) is 0 Å². The number of pyridine rings is 1. The van der Waals surface area contributed by atoms with E-state index in [4.69, 9.17) is 11.6 Å². The summed E-state index contributed by atoms with van der Waals surface area (Å²) in [5.41, 5.74) is 0.488. The van der Waals surface area contributed by atoms with Gasteiger partial charge in [-0.2, -0.15) is 0 Å². The van der Waals surface area contributed by atoms with Crippen molar-refractivity contribution in [2.75, 3.05) is 11.1 Å². The molecule has 1 N–H and O–H groups in total. The first-order valence-electron chi connectivity index (χ1n) is 5.44. The van der Waals surface area contributed by atoms with Crippen molar-refractivity contribution < 1.29 is 9.59 Å². The normalized spacial score (nSPS) is 10.9. The number of hydrogen-bond donors (Lipinski definition) is 1. The molecule has 0 atom stereocenters. The van der Waals surface area contributed by atoms with Gasteiger partial charge in [0.25, 0.3) is 0 Å². The van der Waals surface area contributed by atoms with E-state index in [-0.39, 0.29) is 16.8 Å². The summed E-state index contributed by atoms with van der Waals surface area (Å²) in [5, 5.41) is 2.88. The number of nitrogens with one attached hydrogen (secondary N) is 1. The van der Waals surface area contributed by atoms with Gasteiger partial charge < -0.3 is 5.32 Å². The van der Waals surface area contributed by atoms with Crippen LogP contribution in [0.5, 0.6) is 0 Å². The van der Waals surface area contributed by atoms with Crippen LogP contribution in [0.25, 0.3) is 0 Å². The number of allylic oxidation sites excluding steroid dienone is 2. The highest BCUT2D eigenvalue weighted by atomic mass is 35.5. The molecule has 1 amide bonds. The second-order valence-corrected chi connectivity index (χ2v) is 4.82. The Morgan fingerprint density at radius 1 is 1.53 bits per heavy atom. The van der Waals surface area contributed by atoms with Crippen molar-refractivity contribution in [3.8, 4) is 0 Å². The van der Waals surface area contributed by atoms with E-state index in [0.29, 0.717) is 16.4 Å². The Morgan fingerprint density at radius 3 is 2.79 bits per heavy atom. The van der Waals surface area contributed by atoms with Crippen LogP contribution in [0.2, 0.25) is 5.02 Å². The van der Waals surface area contributed by atoms with Crippen LogP contribution >= 0.6 is 23.4 Å². The Labute approximate surface area is 120 Å². The summed E-state index contributed by atoms with van der Waals surface area (Å²) in [4.78, 5) is 27.1. The molecule has 100 valence electrons. The first-order chi connectivity index (χ1) is 9.06. The second-order valence-electron chi connectivity index (χ2n) is 3.43. The van der Waals surface area contributed by atoms with Crippen molar-refractivity contribution in [3.63, 3.8) is 0 Å². The Hall–Kier alpha value is -1.59. The van der Waals surface area contributed by atoms with Crippen molar-refractivity contribution in [1.82, 2.24) is 4.98 Å². The summed E-state index contributed by atoms with van der Waals surface area (Å²) in [6, 6.07) is 3.21. The summed E-state index contributed by atoms with van der Waals surface area (Å²) in [6.07, 6.45) is 4.56. The van der Waals surface area contributed by atoms with Gasteiger partial charge >= 0.3 is 0 Å². The SMILES string of the molecule is C=C/C(=C\C)C(=O)SCC(=O)Nc1ccc(Cl)cn1. The van der Waals surface area contributed by atoms with E-state index in [1.807, 2.05) is 0 Å². The van der Waals surface area contributed by atoms with Crippen molar-refractivity contribution in [3.05, 3.63) is 47.7 Å². The summed E-state index contributed by atoms with van der Waals surface area (Å²) in [5.74, 6) is 0.124. The monoisotopic (exact) mass is 296 g/mol. The first kappa shape index (κ1) is 15.5. The molecule has 0 aliphatic carbocycles. The highest BCUT2D eigenvalue weighted by molar-refractivity contribution is 8.14. The van der Waals surface area contributed by atoms with Crippen LogP contribution in [0, 0.1) is 0 Å². The quantitative estimate of drug-likeness (QED) is 0.670. The van der Waals surface area contributed by atoms with Gasteiger partial charge in [-0.05, 0) is 19.1 Å². The number of carbonyl (C=O) groups excluding carboxylic acids is 2. The summed E-state index contributed by atoms with van der Waals surface area (Å²) in [7, 11) is 0. The van der Waals surface area contributed by atoms with E-state index < -0.39 is 0 Å². The van der Waals surface area contributed by atoms with Gasteiger partial charge in [0, 0.05) is 11.8 Å². The molecule has 0 unspecified atom stereocenters. The molecule has 1 aromatic rings. The molecule has 4 nitrogen and oxygen atoms in total. The van der Waals surface area contributed by atoms with Gasteiger partial charge in [0.15, 0.2) is 0 Å². The number of aromatic nitrogens is 1. The number of halogens is 1. The van der Waals surface area contributed by atoms with E-state index in [0.717, 1.165) is 11.8 Å². The highest BCUT2D eigenvalue weighted by Crippen LogP contribution is 2.13. The van der Waals surface area contributed by atoms with Gasteiger partial charge in [0.05, 0.1) is 10.8 Å². The minimum Gasteiger partial charge on any atom is -0.310 e. The molecule has 1 aromatic heterocycles. The number of amides is 1. The lowest BCUT2D eigenvalue weighted by atomic mass is 10.3. The van der Waals surface area contributed by atoms with E-state index >= 15 is 0 Å². The number of nitrogens with zero attached hydrogens (tertiary/aromatic N) is 1. The number of hydrogen-bond acceptors (Lipinski definition) is 4. The zero-order valence-electron chi connectivity index (χ0n) is 10.4. The Balaban J connectivity index is 2.46. The van der Waals surface area contributed by atoms with Gasteiger partial charge in [0.2, 0.25) is 11.0 Å². The van der Waals surface area contributed by atoms with Crippen LogP contribution in [0.4, 0.5) is 5.82 Å². The molecule has 0 radical (unpaired) electrons. The molecule has 0 saturated carbocycles. The number of rotatable bonds is 5. The van der Waals surface area contributed by atoms with Crippen molar-refractivity contribution in [2.45, 2.75) is 6.92 Å². The van der Waals surface area contributed by atoms with Crippen LogP contribution in [0.15, 0.2) is 42.6 Å². The van der Waals surface area contributed by atoms with Gasteiger partial charge in [-0.15, -0.1) is 0 Å². The molecular weight excluding hydrogens is 284 g/mol. The van der Waals surface area contributed by atoms with E-state index in [1.54, 1.807) is 25.1 Å². The fourth-order valence-electron chi connectivity index (χ4n) is 1.16. The summed E-state index contributed by atoms with van der Waals surface area (Å²) >= 11 is 6.60. The molecule has 0 spiro atoms. The van der Waals surface area contributed by atoms with Gasteiger partial charge in [-0.1, -0.05) is 42.1 Å². The molecule has 0 aliphatic rings. The molecule has 0 saturated heterocycles. The fraction of sp³-hybridized carbons (Fsp3) is 0.154. The third-order valence-electron chi connectivity index (χ3n) is 2.10. The second kappa shape index (κ2) is 7.76. The summed E-state index contributed by atoms with van der Waals surface area (Å²) < 4.78 is 0. The van der Waals surface area contributed by atoms with Crippen LogP contribution < -0.4 is 5.32 Å². The van der Waals surface area contributed by atoms with E-state index in [2.05, 4.69) is 16.9 Å². The predicted octanol–water partition coefficient (Wildman–Crippen LogP) is 3.07. The lowest BCUT2D eigenvalue weighted by Gasteiger charge is -2.04. The van der Waals surface area contributed by atoms with Crippen molar-refractivity contribution in [1.29, 1.82) is 0 Å². The molecule has 0 aliphatic heterocycles. The maximum Gasteiger partial charge on any atom is 0.236 e.